The van der Waals surface area contributed by atoms with E-state index in [9.17, 15) is 14.4 Å². The van der Waals surface area contributed by atoms with Crippen LogP contribution in [0.3, 0.4) is 0 Å². The quantitative estimate of drug-likeness (QED) is 0.0262. The summed E-state index contributed by atoms with van der Waals surface area (Å²) in [7, 11) is 0. The number of allylic oxidation sites excluding steroid dienone is 10. The Kier molecular flexibility index (Phi) is 48.4. The highest BCUT2D eigenvalue weighted by molar-refractivity contribution is 5.71. The van der Waals surface area contributed by atoms with Crippen LogP contribution in [0, 0.1) is 0 Å². The molecule has 0 N–H and O–H groups in total. The van der Waals surface area contributed by atoms with E-state index in [2.05, 4.69) is 81.5 Å². The first-order valence-corrected chi connectivity index (χ1v) is 26.3. The second kappa shape index (κ2) is 50.8. The van der Waals surface area contributed by atoms with Crippen LogP contribution in [0.4, 0.5) is 0 Å². The molecule has 1 atom stereocenters. The van der Waals surface area contributed by atoms with Crippen molar-refractivity contribution in [3.8, 4) is 0 Å². The Morgan fingerprint density at radius 2 is 0.597 bits per heavy atom. The van der Waals surface area contributed by atoms with Crippen molar-refractivity contribution < 1.29 is 28.6 Å². The molecule has 1 unspecified atom stereocenters. The Hall–Kier alpha value is -2.89. The molecule has 0 radical (unpaired) electrons. The van der Waals surface area contributed by atoms with Gasteiger partial charge in [-0.3, -0.25) is 14.4 Å². The fraction of sp³-hybridized carbons (Fsp3) is 0.768. The number of unbranched alkanes of at least 4 members (excludes halogenated alkanes) is 26. The lowest BCUT2D eigenvalue weighted by molar-refractivity contribution is -0.167. The molecule has 62 heavy (non-hydrogen) atoms. The van der Waals surface area contributed by atoms with Crippen molar-refractivity contribution in [2.45, 2.75) is 264 Å². The van der Waals surface area contributed by atoms with Gasteiger partial charge in [0.05, 0.1) is 0 Å². The topological polar surface area (TPSA) is 78.9 Å². The maximum Gasteiger partial charge on any atom is 0.306 e. The fourth-order valence-corrected chi connectivity index (χ4v) is 7.25. The maximum atomic E-state index is 12.8. The van der Waals surface area contributed by atoms with E-state index in [0.717, 1.165) is 77.0 Å². The van der Waals surface area contributed by atoms with Crippen LogP contribution in [0.2, 0.25) is 0 Å². The third kappa shape index (κ3) is 48.1. The van der Waals surface area contributed by atoms with Gasteiger partial charge in [-0.1, -0.05) is 216 Å². The molecule has 0 aromatic heterocycles. The zero-order valence-corrected chi connectivity index (χ0v) is 40.9. The van der Waals surface area contributed by atoms with E-state index in [1.807, 2.05) is 0 Å². The van der Waals surface area contributed by atoms with Crippen molar-refractivity contribution in [1.82, 2.24) is 0 Å². The first-order chi connectivity index (χ1) is 30.5. The highest BCUT2D eigenvalue weighted by Gasteiger charge is 2.19. The summed E-state index contributed by atoms with van der Waals surface area (Å²) in [6, 6.07) is 0. The van der Waals surface area contributed by atoms with Crippen LogP contribution in [0.1, 0.15) is 258 Å². The SMILES string of the molecule is CCCCC/C=C\C/C=C\C/C=C\C/C=C\CCCC(=O)OCC(COC(=O)CCCCC/C=C\CCCCCCCC)OC(=O)CCCCCCCCCCCCCCCC. The summed E-state index contributed by atoms with van der Waals surface area (Å²) in [4.78, 5) is 37.9. The van der Waals surface area contributed by atoms with Gasteiger partial charge in [-0.15, -0.1) is 0 Å². The van der Waals surface area contributed by atoms with E-state index in [1.54, 1.807) is 0 Å². The van der Waals surface area contributed by atoms with Crippen LogP contribution >= 0.6 is 0 Å². The predicted octanol–water partition coefficient (Wildman–Crippen LogP) is 17.3. The van der Waals surface area contributed by atoms with Crippen molar-refractivity contribution in [2.24, 2.45) is 0 Å². The highest BCUT2D eigenvalue weighted by Crippen LogP contribution is 2.15. The number of rotatable bonds is 47. The van der Waals surface area contributed by atoms with Gasteiger partial charge in [0, 0.05) is 19.3 Å². The molecule has 0 aliphatic rings. The van der Waals surface area contributed by atoms with E-state index >= 15 is 0 Å². The van der Waals surface area contributed by atoms with Crippen LogP contribution in [0.5, 0.6) is 0 Å². The van der Waals surface area contributed by atoms with E-state index in [-0.39, 0.29) is 37.5 Å². The average Bonchev–Trinajstić information content (AvgIpc) is 3.27. The van der Waals surface area contributed by atoms with Gasteiger partial charge in [-0.25, -0.2) is 0 Å². The molecule has 0 rings (SSSR count). The van der Waals surface area contributed by atoms with Crippen LogP contribution in [0.15, 0.2) is 60.8 Å². The zero-order chi connectivity index (χ0) is 45.1. The van der Waals surface area contributed by atoms with E-state index < -0.39 is 6.10 Å². The molecule has 0 aromatic carbocycles. The Morgan fingerprint density at radius 3 is 1.03 bits per heavy atom. The molecule has 0 aliphatic carbocycles. The van der Waals surface area contributed by atoms with Crippen molar-refractivity contribution in [3.05, 3.63) is 60.8 Å². The Balaban J connectivity index is 4.47. The van der Waals surface area contributed by atoms with Crippen LogP contribution in [-0.2, 0) is 28.6 Å². The number of esters is 3. The zero-order valence-electron chi connectivity index (χ0n) is 40.9. The van der Waals surface area contributed by atoms with Crippen molar-refractivity contribution in [3.63, 3.8) is 0 Å². The third-order valence-electron chi connectivity index (χ3n) is 11.2. The Bertz CT molecular complexity index is 1130. The molecule has 0 bridgehead atoms. The average molecular weight is 867 g/mol. The fourth-order valence-electron chi connectivity index (χ4n) is 7.25. The molecule has 358 valence electrons. The second-order valence-corrected chi connectivity index (χ2v) is 17.4. The summed E-state index contributed by atoms with van der Waals surface area (Å²) in [6.07, 6.45) is 62.1. The summed E-state index contributed by atoms with van der Waals surface area (Å²) in [5.41, 5.74) is 0. The summed E-state index contributed by atoms with van der Waals surface area (Å²) < 4.78 is 16.7. The normalized spacial score (nSPS) is 12.5. The maximum absolute atomic E-state index is 12.8. The minimum absolute atomic E-state index is 0.0972. The lowest BCUT2D eigenvalue weighted by atomic mass is 10.0. The van der Waals surface area contributed by atoms with Crippen LogP contribution in [-0.4, -0.2) is 37.2 Å². The molecule has 0 aliphatic heterocycles. The van der Waals surface area contributed by atoms with Gasteiger partial charge in [0.2, 0.25) is 0 Å². The first kappa shape index (κ1) is 59.1. The Labute approximate surface area is 383 Å². The summed E-state index contributed by atoms with van der Waals surface area (Å²) in [6.45, 7) is 6.55. The highest BCUT2D eigenvalue weighted by atomic mass is 16.6. The van der Waals surface area contributed by atoms with E-state index in [4.69, 9.17) is 14.2 Å². The van der Waals surface area contributed by atoms with Gasteiger partial charge in [0.1, 0.15) is 13.2 Å². The standard InChI is InChI=1S/C56H98O6/c1-4-7-10-13-16-19-22-25-27-28-29-32-34-37-40-43-46-49-55(58)61-52-53(51-60-54(57)48-45-42-39-36-33-30-24-21-18-15-12-9-6-3)62-56(59)50-47-44-41-38-35-31-26-23-20-17-14-11-8-5-2/h16,19,25,27,29-30,32-33,37,40,53H,4-15,17-18,20-24,26,28,31,34-36,38-39,41-52H2,1-3H3/b19-16-,27-25-,32-29-,33-30-,40-37-. The molecule has 6 heteroatoms. The molecule has 0 aromatic rings. The number of hydrogen-bond acceptors (Lipinski definition) is 6. The smallest absolute Gasteiger partial charge is 0.306 e. The molecule has 0 heterocycles. The Morgan fingerprint density at radius 1 is 0.323 bits per heavy atom. The van der Waals surface area contributed by atoms with Gasteiger partial charge in [0.15, 0.2) is 6.10 Å². The summed E-state index contributed by atoms with van der Waals surface area (Å²) >= 11 is 0. The van der Waals surface area contributed by atoms with Gasteiger partial charge < -0.3 is 14.2 Å². The number of ether oxygens (including phenoxy) is 3. The van der Waals surface area contributed by atoms with Gasteiger partial charge in [0.25, 0.3) is 0 Å². The lowest BCUT2D eigenvalue weighted by Crippen LogP contribution is -2.30. The summed E-state index contributed by atoms with van der Waals surface area (Å²) in [5, 5.41) is 0. The van der Waals surface area contributed by atoms with E-state index in [0.29, 0.717) is 19.3 Å². The second-order valence-electron chi connectivity index (χ2n) is 17.4. The number of hydrogen-bond donors (Lipinski definition) is 0. The molecule has 0 amide bonds. The van der Waals surface area contributed by atoms with Crippen LogP contribution < -0.4 is 0 Å². The monoisotopic (exact) mass is 867 g/mol. The first-order valence-electron chi connectivity index (χ1n) is 26.3. The van der Waals surface area contributed by atoms with Gasteiger partial charge >= 0.3 is 17.9 Å². The molecule has 6 nitrogen and oxygen atoms in total. The molecule has 0 saturated heterocycles. The largest absolute Gasteiger partial charge is 0.462 e. The van der Waals surface area contributed by atoms with Crippen molar-refractivity contribution in [1.29, 1.82) is 0 Å². The van der Waals surface area contributed by atoms with Crippen LogP contribution in [0.25, 0.3) is 0 Å². The van der Waals surface area contributed by atoms with Gasteiger partial charge in [-0.05, 0) is 83.5 Å². The van der Waals surface area contributed by atoms with Gasteiger partial charge in [-0.2, -0.15) is 0 Å². The minimum atomic E-state index is -0.799. The third-order valence-corrected chi connectivity index (χ3v) is 11.2. The minimum Gasteiger partial charge on any atom is -0.462 e. The molecule has 0 fully saturated rings. The molecule has 0 saturated carbocycles. The molecule has 0 spiro atoms. The number of carbonyl (C=O) groups excluding carboxylic acids is 3. The van der Waals surface area contributed by atoms with Crippen molar-refractivity contribution >= 4 is 17.9 Å². The number of carbonyl (C=O) groups is 3. The summed E-state index contributed by atoms with van der Waals surface area (Å²) in [5.74, 6) is -0.964. The molecular weight excluding hydrogens is 769 g/mol. The lowest BCUT2D eigenvalue weighted by Gasteiger charge is -2.18. The predicted molar refractivity (Wildman–Crippen MR) is 265 cm³/mol. The van der Waals surface area contributed by atoms with E-state index in [1.165, 1.54) is 135 Å². The molecular formula is C56H98O6. The van der Waals surface area contributed by atoms with Crippen molar-refractivity contribution in [2.75, 3.05) is 13.2 Å².